The largest absolute Gasteiger partial charge is 0.389 e. The zero-order valence-electron chi connectivity index (χ0n) is 11.4. The van der Waals surface area contributed by atoms with E-state index in [4.69, 9.17) is 18.0 Å². The summed E-state index contributed by atoms with van der Waals surface area (Å²) in [6.07, 6.45) is 5.16. The molecule has 5 heteroatoms. The summed E-state index contributed by atoms with van der Waals surface area (Å²) in [5.74, 6) is 1.09. The van der Waals surface area contributed by atoms with Crippen LogP contribution in [0.15, 0.2) is 0 Å². The summed E-state index contributed by atoms with van der Waals surface area (Å²) >= 11 is 5.19. The van der Waals surface area contributed by atoms with E-state index in [0.29, 0.717) is 11.0 Å². The first-order chi connectivity index (χ1) is 8.56. The molecule has 2 N–H and O–H groups in total. The first-order valence-corrected chi connectivity index (χ1v) is 7.07. The fourth-order valence-electron chi connectivity index (χ4n) is 3.06. The van der Waals surface area contributed by atoms with E-state index in [1.165, 1.54) is 25.7 Å². The second-order valence-electron chi connectivity index (χ2n) is 5.00. The molecule has 0 bridgehead atoms. The number of anilines is 1. The molecule has 1 fully saturated rings. The van der Waals surface area contributed by atoms with Gasteiger partial charge in [-0.05, 0) is 26.7 Å². The van der Waals surface area contributed by atoms with Crippen LogP contribution in [0.3, 0.4) is 0 Å². The lowest BCUT2D eigenvalue weighted by molar-refractivity contribution is 0.591. The molecule has 0 amide bonds. The van der Waals surface area contributed by atoms with Gasteiger partial charge in [-0.15, -0.1) is 0 Å². The van der Waals surface area contributed by atoms with Crippen molar-refractivity contribution in [2.45, 2.75) is 45.6 Å². The molecule has 0 atom stereocenters. The molecule has 1 aliphatic rings. The van der Waals surface area contributed by atoms with E-state index in [0.717, 1.165) is 23.6 Å². The Labute approximate surface area is 114 Å². The number of aryl methyl sites for hydroxylation is 2. The van der Waals surface area contributed by atoms with Gasteiger partial charge in [0.1, 0.15) is 10.8 Å². The lowest BCUT2D eigenvalue weighted by Crippen LogP contribution is -2.36. The molecule has 1 saturated carbocycles. The Kier molecular flexibility index (Phi) is 3.90. The summed E-state index contributed by atoms with van der Waals surface area (Å²) in [6, 6.07) is 0.609. The Hall–Kier alpha value is -1.10. The van der Waals surface area contributed by atoms with Crippen LogP contribution in [0.1, 0.15) is 43.9 Å². The maximum Gasteiger partial charge on any atom is 0.137 e. The monoisotopic (exact) mass is 266 g/mol. The van der Waals surface area contributed by atoms with Crippen molar-refractivity contribution in [2.75, 3.05) is 11.4 Å². The number of rotatable bonds is 4. The number of hydrogen-bond acceptors (Lipinski definition) is 3. The van der Waals surface area contributed by atoms with Gasteiger partial charge in [0.25, 0.3) is 0 Å². The maximum atomic E-state index is 5.87. The Morgan fingerprint density at radius 3 is 2.61 bits per heavy atom. The van der Waals surface area contributed by atoms with Crippen molar-refractivity contribution in [3.05, 3.63) is 11.3 Å². The Bertz CT molecular complexity index is 446. The Morgan fingerprint density at radius 2 is 2.11 bits per heavy atom. The van der Waals surface area contributed by atoms with Crippen molar-refractivity contribution < 1.29 is 0 Å². The predicted octanol–water partition coefficient (Wildman–Crippen LogP) is 2.13. The quantitative estimate of drug-likeness (QED) is 0.848. The van der Waals surface area contributed by atoms with E-state index >= 15 is 0 Å². The summed E-state index contributed by atoms with van der Waals surface area (Å²) in [7, 11) is 1.97. The van der Waals surface area contributed by atoms with Gasteiger partial charge in [0.05, 0.1) is 11.3 Å². The second kappa shape index (κ2) is 5.26. The maximum absolute atomic E-state index is 5.87. The smallest absolute Gasteiger partial charge is 0.137 e. The molecule has 0 spiro atoms. The van der Waals surface area contributed by atoms with Crippen molar-refractivity contribution in [3.8, 4) is 0 Å². The lowest BCUT2D eigenvalue weighted by Gasteiger charge is -2.30. The minimum Gasteiger partial charge on any atom is -0.389 e. The number of thiocarbonyl (C=S) groups is 1. The van der Waals surface area contributed by atoms with Gasteiger partial charge in [-0.1, -0.05) is 25.1 Å². The summed E-state index contributed by atoms with van der Waals surface area (Å²) in [6.45, 7) is 5.13. The number of hydrogen-bond donors (Lipinski definition) is 1. The van der Waals surface area contributed by atoms with Gasteiger partial charge in [-0.3, -0.25) is 4.68 Å². The average molecular weight is 266 g/mol. The molecule has 0 aliphatic heterocycles. The molecule has 4 nitrogen and oxygen atoms in total. The topological polar surface area (TPSA) is 47.1 Å². The molecular formula is C13H22N4S. The molecule has 18 heavy (non-hydrogen) atoms. The van der Waals surface area contributed by atoms with Gasteiger partial charge in [0, 0.05) is 19.6 Å². The van der Waals surface area contributed by atoms with Crippen molar-refractivity contribution in [3.63, 3.8) is 0 Å². The molecule has 1 aromatic rings. The number of aromatic nitrogens is 2. The zero-order chi connectivity index (χ0) is 13.3. The van der Waals surface area contributed by atoms with Crippen LogP contribution in [0.5, 0.6) is 0 Å². The van der Waals surface area contributed by atoms with Gasteiger partial charge >= 0.3 is 0 Å². The Balaban J connectivity index is 2.43. The highest BCUT2D eigenvalue weighted by Gasteiger charge is 2.27. The molecule has 1 aliphatic carbocycles. The Morgan fingerprint density at radius 1 is 1.50 bits per heavy atom. The highest BCUT2D eigenvalue weighted by molar-refractivity contribution is 7.80. The van der Waals surface area contributed by atoms with Gasteiger partial charge in [-0.25, -0.2) is 0 Å². The highest BCUT2D eigenvalue weighted by atomic mass is 32.1. The van der Waals surface area contributed by atoms with Crippen LogP contribution >= 0.6 is 12.2 Å². The van der Waals surface area contributed by atoms with Crippen LogP contribution in [0.2, 0.25) is 0 Å². The standard InChI is InChI=1S/C13H22N4S/c1-4-17(10-7-5-6-8-10)13-11(12(14)18)9(2)15-16(13)3/h10H,4-8H2,1-3H3,(H2,14,18). The van der Waals surface area contributed by atoms with Crippen LogP contribution < -0.4 is 10.6 Å². The molecule has 0 unspecified atom stereocenters. The number of nitrogens with zero attached hydrogens (tertiary/aromatic N) is 3. The van der Waals surface area contributed by atoms with Gasteiger partial charge < -0.3 is 10.6 Å². The molecular weight excluding hydrogens is 244 g/mol. The molecule has 100 valence electrons. The SMILES string of the molecule is CCN(c1c(C(N)=S)c(C)nn1C)C1CCCC1. The molecule has 1 heterocycles. The van der Waals surface area contributed by atoms with Crippen molar-refractivity contribution in [1.82, 2.24) is 9.78 Å². The molecule has 0 saturated heterocycles. The van der Waals surface area contributed by atoms with Crippen LogP contribution in [0.25, 0.3) is 0 Å². The van der Waals surface area contributed by atoms with E-state index < -0.39 is 0 Å². The summed E-state index contributed by atoms with van der Waals surface area (Å²) in [5, 5.41) is 4.48. The van der Waals surface area contributed by atoms with Crippen molar-refractivity contribution in [1.29, 1.82) is 0 Å². The fraction of sp³-hybridized carbons (Fsp3) is 0.692. The minimum atomic E-state index is 0.451. The second-order valence-corrected chi connectivity index (χ2v) is 5.44. The zero-order valence-corrected chi connectivity index (χ0v) is 12.3. The summed E-state index contributed by atoms with van der Waals surface area (Å²) < 4.78 is 1.92. The van der Waals surface area contributed by atoms with Crippen LogP contribution in [-0.4, -0.2) is 27.4 Å². The van der Waals surface area contributed by atoms with E-state index in [9.17, 15) is 0 Å². The minimum absolute atomic E-state index is 0.451. The van der Waals surface area contributed by atoms with Gasteiger partial charge in [-0.2, -0.15) is 5.10 Å². The predicted molar refractivity (Wildman–Crippen MR) is 79.1 cm³/mol. The van der Waals surface area contributed by atoms with Crippen molar-refractivity contribution >= 4 is 23.0 Å². The third-order valence-corrected chi connectivity index (χ3v) is 4.02. The van der Waals surface area contributed by atoms with Crippen LogP contribution in [-0.2, 0) is 7.05 Å². The summed E-state index contributed by atoms with van der Waals surface area (Å²) in [4.78, 5) is 2.87. The third kappa shape index (κ3) is 2.23. The van der Waals surface area contributed by atoms with Gasteiger partial charge in [0.2, 0.25) is 0 Å². The highest BCUT2D eigenvalue weighted by Crippen LogP contribution is 2.31. The van der Waals surface area contributed by atoms with Crippen molar-refractivity contribution in [2.24, 2.45) is 12.8 Å². The van der Waals surface area contributed by atoms with Gasteiger partial charge in [0.15, 0.2) is 0 Å². The fourth-order valence-corrected chi connectivity index (χ4v) is 3.30. The van der Waals surface area contributed by atoms with E-state index in [-0.39, 0.29) is 0 Å². The summed E-state index contributed by atoms with van der Waals surface area (Å²) in [5.41, 5.74) is 7.74. The lowest BCUT2D eigenvalue weighted by atomic mass is 10.1. The van der Waals surface area contributed by atoms with E-state index in [1.54, 1.807) is 0 Å². The number of nitrogens with two attached hydrogens (primary N) is 1. The molecule has 2 rings (SSSR count). The normalized spacial score (nSPS) is 16.2. The first-order valence-electron chi connectivity index (χ1n) is 6.66. The van der Waals surface area contributed by atoms with Crippen LogP contribution in [0, 0.1) is 6.92 Å². The average Bonchev–Trinajstić information content (AvgIpc) is 2.89. The molecule has 1 aromatic heterocycles. The van der Waals surface area contributed by atoms with E-state index in [1.807, 2.05) is 18.7 Å². The molecule has 0 aromatic carbocycles. The van der Waals surface area contributed by atoms with Crippen LogP contribution in [0.4, 0.5) is 5.82 Å². The first kappa shape index (κ1) is 13.3. The van der Waals surface area contributed by atoms with E-state index in [2.05, 4.69) is 16.9 Å². The molecule has 0 radical (unpaired) electrons. The third-order valence-electron chi connectivity index (χ3n) is 3.82.